The molecule has 1 aliphatic rings. The first-order valence-electron chi connectivity index (χ1n) is 6.96. The number of rotatable bonds is 6. The Morgan fingerprint density at radius 2 is 2.37 bits per heavy atom. The zero-order valence-corrected chi connectivity index (χ0v) is 12.9. The van der Waals surface area contributed by atoms with Gasteiger partial charge < -0.3 is 14.8 Å². The monoisotopic (exact) mass is 284 g/mol. The third-order valence-corrected chi connectivity index (χ3v) is 4.80. The van der Waals surface area contributed by atoms with E-state index in [4.69, 9.17) is 14.5 Å². The van der Waals surface area contributed by atoms with Crippen molar-refractivity contribution in [2.75, 3.05) is 33.5 Å². The van der Waals surface area contributed by atoms with E-state index in [1.54, 1.807) is 18.4 Å². The van der Waals surface area contributed by atoms with E-state index in [2.05, 4.69) is 19.2 Å². The van der Waals surface area contributed by atoms with Gasteiger partial charge in [0, 0.05) is 31.1 Å². The van der Waals surface area contributed by atoms with Gasteiger partial charge in [-0.25, -0.2) is 4.98 Å². The van der Waals surface area contributed by atoms with Crippen LogP contribution in [-0.2, 0) is 9.47 Å². The van der Waals surface area contributed by atoms with Gasteiger partial charge in [-0.2, -0.15) is 0 Å². The molecule has 1 N–H and O–H groups in total. The van der Waals surface area contributed by atoms with Crippen molar-refractivity contribution in [2.45, 2.75) is 32.7 Å². The summed E-state index contributed by atoms with van der Waals surface area (Å²) in [5.74, 6) is 0.524. The maximum atomic E-state index is 5.63. The van der Waals surface area contributed by atoms with Crippen LogP contribution in [0.5, 0.6) is 0 Å². The molecule has 19 heavy (non-hydrogen) atoms. The van der Waals surface area contributed by atoms with E-state index >= 15 is 0 Å². The van der Waals surface area contributed by atoms with Gasteiger partial charge in [-0.05, 0) is 26.7 Å². The van der Waals surface area contributed by atoms with Crippen LogP contribution in [-0.4, -0.2) is 38.5 Å². The number of hydrogen-bond donors (Lipinski definition) is 1. The molecule has 0 spiro atoms. The molecule has 0 bridgehead atoms. The van der Waals surface area contributed by atoms with Crippen LogP contribution in [0.15, 0.2) is 0 Å². The van der Waals surface area contributed by atoms with Crippen LogP contribution in [0.2, 0.25) is 0 Å². The van der Waals surface area contributed by atoms with Crippen LogP contribution in [0, 0.1) is 19.8 Å². The second-order valence-electron chi connectivity index (χ2n) is 5.10. The van der Waals surface area contributed by atoms with Crippen molar-refractivity contribution in [1.82, 2.24) is 10.3 Å². The maximum Gasteiger partial charge on any atom is 0.110 e. The SMILES string of the molecule is COCCNC(c1nc(C)c(C)s1)C1CCCOC1. The Labute approximate surface area is 119 Å². The Bertz CT molecular complexity index is 369. The van der Waals surface area contributed by atoms with Crippen molar-refractivity contribution < 1.29 is 9.47 Å². The molecule has 1 saturated heterocycles. The van der Waals surface area contributed by atoms with Crippen LogP contribution in [0.1, 0.15) is 34.5 Å². The first-order chi connectivity index (χ1) is 9.22. The maximum absolute atomic E-state index is 5.63. The molecule has 4 nitrogen and oxygen atoms in total. The lowest BCUT2D eigenvalue weighted by Crippen LogP contribution is -2.35. The predicted molar refractivity (Wildman–Crippen MR) is 77.8 cm³/mol. The normalized spacial score (nSPS) is 21.5. The van der Waals surface area contributed by atoms with Crippen molar-refractivity contribution in [1.29, 1.82) is 0 Å². The largest absolute Gasteiger partial charge is 0.383 e. The summed E-state index contributed by atoms with van der Waals surface area (Å²) in [5, 5.41) is 4.79. The van der Waals surface area contributed by atoms with Gasteiger partial charge in [0.2, 0.25) is 0 Å². The van der Waals surface area contributed by atoms with Gasteiger partial charge in [0.25, 0.3) is 0 Å². The molecule has 0 amide bonds. The summed E-state index contributed by atoms with van der Waals surface area (Å²) < 4.78 is 10.8. The van der Waals surface area contributed by atoms with E-state index < -0.39 is 0 Å². The minimum absolute atomic E-state index is 0.299. The minimum atomic E-state index is 0.299. The van der Waals surface area contributed by atoms with E-state index in [-0.39, 0.29) is 0 Å². The van der Waals surface area contributed by atoms with Gasteiger partial charge in [0.15, 0.2) is 0 Å². The first kappa shape index (κ1) is 14.9. The van der Waals surface area contributed by atoms with E-state index in [1.807, 2.05) is 0 Å². The number of nitrogens with zero attached hydrogens (tertiary/aromatic N) is 1. The average Bonchev–Trinajstić information content (AvgIpc) is 2.75. The van der Waals surface area contributed by atoms with Crippen molar-refractivity contribution in [2.24, 2.45) is 5.92 Å². The van der Waals surface area contributed by atoms with Gasteiger partial charge >= 0.3 is 0 Å². The van der Waals surface area contributed by atoms with Gasteiger partial charge in [-0.15, -0.1) is 11.3 Å². The molecule has 108 valence electrons. The molecule has 0 radical (unpaired) electrons. The number of methoxy groups -OCH3 is 1. The Morgan fingerprint density at radius 1 is 1.53 bits per heavy atom. The highest BCUT2D eigenvalue weighted by atomic mass is 32.1. The molecule has 2 unspecified atom stereocenters. The first-order valence-corrected chi connectivity index (χ1v) is 7.78. The molecule has 0 aliphatic carbocycles. The van der Waals surface area contributed by atoms with Gasteiger partial charge in [0.05, 0.1) is 24.9 Å². The third kappa shape index (κ3) is 3.99. The summed E-state index contributed by atoms with van der Waals surface area (Å²) >= 11 is 1.80. The number of aryl methyl sites for hydroxylation is 2. The summed E-state index contributed by atoms with van der Waals surface area (Å²) in [5.41, 5.74) is 1.15. The molecular weight excluding hydrogens is 260 g/mol. The molecule has 1 aromatic rings. The second-order valence-corrected chi connectivity index (χ2v) is 6.33. The lowest BCUT2D eigenvalue weighted by Gasteiger charge is -2.29. The van der Waals surface area contributed by atoms with Crippen molar-refractivity contribution >= 4 is 11.3 Å². The minimum Gasteiger partial charge on any atom is -0.383 e. The fourth-order valence-corrected chi connectivity index (χ4v) is 3.52. The topological polar surface area (TPSA) is 43.4 Å². The number of ether oxygens (including phenoxy) is 2. The third-order valence-electron chi connectivity index (χ3n) is 3.65. The summed E-state index contributed by atoms with van der Waals surface area (Å²) in [4.78, 5) is 6.03. The highest BCUT2D eigenvalue weighted by Crippen LogP contribution is 2.32. The van der Waals surface area contributed by atoms with Gasteiger partial charge in [-0.3, -0.25) is 0 Å². The lowest BCUT2D eigenvalue weighted by atomic mass is 9.94. The Balaban J connectivity index is 2.07. The summed E-state index contributed by atoms with van der Waals surface area (Å²) in [7, 11) is 1.73. The zero-order valence-electron chi connectivity index (χ0n) is 12.1. The highest BCUT2D eigenvalue weighted by Gasteiger charge is 2.27. The van der Waals surface area contributed by atoms with Crippen LogP contribution in [0.25, 0.3) is 0 Å². The number of hydrogen-bond acceptors (Lipinski definition) is 5. The second kappa shape index (κ2) is 7.33. The molecule has 5 heteroatoms. The number of aromatic nitrogens is 1. The molecule has 1 aliphatic heterocycles. The summed E-state index contributed by atoms with van der Waals surface area (Å²) in [6, 6.07) is 0.299. The smallest absolute Gasteiger partial charge is 0.110 e. The van der Waals surface area contributed by atoms with Crippen molar-refractivity contribution in [3.05, 3.63) is 15.6 Å². The van der Waals surface area contributed by atoms with Crippen LogP contribution in [0.3, 0.4) is 0 Å². The van der Waals surface area contributed by atoms with Gasteiger partial charge in [-0.1, -0.05) is 0 Å². The molecule has 0 saturated carbocycles. The quantitative estimate of drug-likeness (QED) is 0.815. The molecule has 2 heterocycles. The zero-order chi connectivity index (χ0) is 13.7. The molecule has 0 aromatic carbocycles. The standard InChI is InChI=1S/C14H24N2O2S/c1-10-11(2)19-14(16-10)13(15-6-8-17-3)12-5-4-7-18-9-12/h12-13,15H,4-9H2,1-3H3. The van der Waals surface area contributed by atoms with Crippen LogP contribution in [0.4, 0.5) is 0 Å². The summed E-state index contributed by atoms with van der Waals surface area (Å²) in [6.45, 7) is 7.54. The van der Waals surface area contributed by atoms with Crippen LogP contribution >= 0.6 is 11.3 Å². The average molecular weight is 284 g/mol. The molecular formula is C14H24N2O2S. The fraction of sp³-hybridized carbons (Fsp3) is 0.786. The Kier molecular flexibility index (Phi) is 5.76. The van der Waals surface area contributed by atoms with E-state index in [1.165, 1.54) is 16.3 Å². The fourth-order valence-electron chi connectivity index (χ4n) is 2.43. The number of thiazole rings is 1. The highest BCUT2D eigenvalue weighted by molar-refractivity contribution is 7.11. The van der Waals surface area contributed by atoms with E-state index in [0.29, 0.717) is 12.0 Å². The Morgan fingerprint density at radius 3 is 2.95 bits per heavy atom. The Hall–Kier alpha value is -0.490. The molecule has 1 aromatic heterocycles. The lowest BCUT2D eigenvalue weighted by molar-refractivity contribution is 0.0377. The molecule has 1 fully saturated rings. The molecule has 2 atom stereocenters. The van der Waals surface area contributed by atoms with Gasteiger partial charge in [0.1, 0.15) is 5.01 Å². The van der Waals surface area contributed by atoms with E-state index in [9.17, 15) is 0 Å². The predicted octanol–water partition coefficient (Wildman–Crippen LogP) is 2.46. The summed E-state index contributed by atoms with van der Waals surface area (Å²) in [6.07, 6.45) is 2.36. The molecule has 2 rings (SSSR count). The number of nitrogens with one attached hydrogen (secondary N) is 1. The van der Waals surface area contributed by atoms with E-state index in [0.717, 1.165) is 38.5 Å². The van der Waals surface area contributed by atoms with Crippen molar-refractivity contribution in [3.63, 3.8) is 0 Å². The van der Waals surface area contributed by atoms with Crippen molar-refractivity contribution in [3.8, 4) is 0 Å². The van der Waals surface area contributed by atoms with Crippen LogP contribution < -0.4 is 5.32 Å².